The van der Waals surface area contributed by atoms with Crippen molar-refractivity contribution in [3.63, 3.8) is 0 Å². The minimum Gasteiger partial charge on any atom is -0.481 e. The molecule has 0 heterocycles. The quantitative estimate of drug-likeness (QED) is 0.697. The van der Waals surface area contributed by atoms with Crippen LogP contribution in [0.4, 0.5) is 0 Å². The van der Waals surface area contributed by atoms with Gasteiger partial charge in [-0.05, 0) is 12.5 Å². The summed E-state index contributed by atoms with van der Waals surface area (Å²) in [5.74, 6) is -1.87. The molecular weight excluding hydrogens is 246 g/mol. The van der Waals surface area contributed by atoms with E-state index in [9.17, 15) is 14.7 Å². The lowest BCUT2D eigenvalue weighted by molar-refractivity contribution is -0.138. The molecule has 1 aromatic carbocycles. The van der Waals surface area contributed by atoms with Crippen LogP contribution in [0.1, 0.15) is 24.8 Å². The summed E-state index contributed by atoms with van der Waals surface area (Å²) < 4.78 is 5.07. The lowest BCUT2D eigenvalue weighted by Gasteiger charge is -2.13. The summed E-state index contributed by atoms with van der Waals surface area (Å²) in [4.78, 5) is 22.7. The van der Waals surface area contributed by atoms with Crippen LogP contribution in [0.2, 0.25) is 0 Å². The van der Waals surface area contributed by atoms with E-state index in [1.165, 1.54) is 0 Å². The molecule has 1 unspecified atom stereocenters. The normalized spacial score (nSPS) is 11.8. The number of carboxylic acid groups (broad SMARTS) is 1. The van der Waals surface area contributed by atoms with Crippen LogP contribution >= 0.6 is 0 Å². The minimum atomic E-state index is -0.948. The third-order valence-electron chi connectivity index (χ3n) is 2.68. The summed E-state index contributed by atoms with van der Waals surface area (Å²) in [6.45, 7) is 2.86. The summed E-state index contributed by atoms with van der Waals surface area (Å²) in [5, 5.41) is 11.8. The molecule has 5 nitrogen and oxygen atoms in total. The van der Waals surface area contributed by atoms with Gasteiger partial charge in [0.1, 0.15) is 0 Å². The lowest BCUT2D eigenvalue weighted by Crippen LogP contribution is -2.32. The van der Waals surface area contributed by atoms with Gasteiger partial charge in [0.05, 0.1) is 12.5 Å². The van der Waals surface area contributed by atoms with Gasteiger partial charge in [-0.15, -0.1) is 0 Å². The molecule has 0 aliphatic heterocycles. The molecule has 1 amide bonds. The molecule has 0 aromatic heterocycles. The van der Waals surface area contributed by atoms with E-state index in [0.29, 0.717) is 18.8 Å². The van der Waals surface area contributed by atoms with Crippen molar-refractivity contribution in [2.45, 2.75) is 19.3 Å². The fourth-order valence-electron chi connectivity index (χ4n) is 1.65. The number of rotatable bonds is 8. The number of hydrogen-bond donors (Lipinski definition) is 2. The smallest absolute Gasteiger partial charge is 0.312 e. The van der Waals surface area contributed by atoms with E-state index in [2.05, 4.69) is 5.32 Å². The van der Waals surface area contributed by atoms with Crippen molar-refractivity contribution in [1.82, 2.24) is 5.32 Å². The number of amides is 1. The Hall–Kier alpha value is -1.88. The number of ether oxygens (including phenoxy) is 1. The van der Waals surface area contributed by atoms with Gasteiger partial charge in [0.25, 0.3) is 0 Å². The molecule has 0 saturated carbocycles. The Morgan fingerprint density at radius 3 is 2.58 bits per heavy atom. The summed E-state index contributed by atoms with van der Waals surface area (Å²) in [5.41, 5.74) is 0.681. The van der Waals surface area contributed by atoms with E-state index < -0.39 is 11.9 Å². The fraction of sp³-hybridized carbons (Fsp3) is 0.429. The average molecular weight is 265 g/mol. The van der Waals surface area contributed by atoms with Crippen LogP contribution < -0.4 is 5.32 Å². The Balaban J connectivity index is 2.47. The standard InChI is InChI=1S/C14H19NO4/c1-2-19-9-8-13(16)15-10-12(14(17)18)11-6-4-3-5-7-11/h3-7,12H,2,8-10H2,1H3,(H,15,16)(H,17,18). The predicted molar refractivity (Wildman–Crippen MR) is 70.9 cm³/mol. The summed E-state index contributed by atoms with van der Waals surface area (Å²) in [7, 11) is 0. The van der Waals surface area contributed by atoms with Crippen molar-refractivity contribution >= 4 is 11.9 Å². The highest BCUT2D eigenvalue weighted by molar-refractivity contribution is 5.79. The van der Waals surface area contributed by atoms with Crippen molar-refractivity contribution in [2.24, 2.45) is 0 Å². The largest absolute Gasteiger partial charge is 0.481 e. The number of benzene rings is 1. The highest BCUT2D eigenvalue weighted by atomic mass is 16.5. The second-order valence-electron chi connectivity index (χ2n) is 4.05. The van der Waals surface area contributed by atoms with E-state index in [1.54, 1.807) is 24.3 Å². The van der Waals surface area contributed by atoms with Crippen LogP contribution in [-0.2, 0) is 14.3 Å². The molecule has 1 atom stereocenters. The molecule has 0 spiro atoms. The SMILES string of the molecule is CCOCCC(=O)NCC(C(=O)O)c1ccccc1. The molecule has 1 aromatic rings. The third kappa shape index (κ3) is 5.52. The van der Waals surface area contributed by atoms with E-state index in [-0.39, 0.29) is 18.9 Å². The second-order valence-corrected chi connectivity index (χ2v) is 4.05. The lowest BCUT2D eigenvalue weighted by atomic mass is 9.99. The maximum absolute atomic E-state index is 11.5. The Labute approximate surface area is 112 Å². The van der Waals surface area contributed by atoms with E-state index in [1.807, 2.05) is 13.0 Å². The third-order valence-corrected chi connectivity index (χ3v) is 2.68. The maximum Gasteiger partial charge on any atom is 0.312 e. The Bertz CT molecular complexity index is 405. The first-order chi connectivity index (χ1) is 9.15. The zero-order chi connectivity index (χ0) is 14.1. The number of nitrogens with one attached hydrogen (secondary N) is 1. The van der Waals surface area contributed by atoms with Crippen molar-refractivity contribution in [3.8, 4) is 0 Å². The van der Waals surface area contributed by atoms with Gasteiger partial charge in [-0.25, -0.2) is 0 Å². The van der Waals surface area contributed by atoms with E-state index >= 15 is 0 Å². The molecule has 0 fully saturated rings. The van der Waals surface area contributed by atoms with Gasteiger partial charge in [-0.3, -0.25) is 9.59 Å². The molecule has 104 valence electrons. The van der Waals surface area contributed by atoms with Crippen molar-refractivity contribution < 1.29 is 19.4 Å². The van der Waals surface area contributed by atoms with Gasteiger partial charge in [0, 0.05) is 19.6 Å². The topological polar surface area (TPSA) is 75.6 Å². The monoisotopic (exact) mass is 265 g/mol. The highest BCUT2D eigenvalue weighted by Crippen LogP contribution is 2.14. The van der Waals surface area contributed by atoms with Crippen LogP contribution in [0.5, 0.6) is 0 Å². The number of carbonyl (C=O) groups is 2. The first-order valence-electron chi connectivity index (χ1n) is 6.27. The van der Waals surface area contributed by atoms with Gasteiger partial charge in [-0.2, -0.15) is 0 Å². The zero-order valence-electron chi connectivity index (χ0n) is 11.0. The molecule has 1 rings (SSSR count). The second kappa shape index (κ2) is 8.26. The molecule has 19 heavy (non-hydrogen) atoms. The first-order valence-corrected chi connectivity index (χ1v) is 6.27. The van der Waals surface area contributed by atoms with Crippen LogP contribution in [0.25, 0.3) is 0 Å². The molecule has 0 radical (unpaired) electrons. The van der Waals surface area contributed by atoms with Gasteiger partial charge in [-0.1, -0.05) is 30.3 Å². The van der Waals surface area contributed by atoms with Gasteiger partial charge >= 0.3 is 5.97 Å². The van der Waals surface area contributed by atoms with Crippen LogP contribution in [0.15, 0.2) is 30.3 Å². The first kappa shape index (κ1) is 15.2. The molecule has 5 heteroatoms. The number of aliphatic carboxylic acids is 1. The minimum absolute atomic E-state index is 0.0876. The average Bonchev–Trinajstić information content (AvgIpc) is 2.40. The van der Waals surface area contributed by atoms with Crippen LogP contribution in [0, 0.1) is 0 Å². The van der Waals surface area contributed by atoms with Crippen molar-refractivity contribution in [2.75, 3.05) is 19.8 Å². The Morgan fingerprint density at radius 2 is 2.00 bits per heavy atom. The van der Waals surface area contributed by atoms with E-state index in [4.69, 9.17) is 4.74 Å². The molecule has 0 saturated heterocycles. The number of hydrogen-bond acceptors (Lipinski definition) is 3. The van der Waals surface area contributed by atoms with Crippen LogP contribution in [-0.4, -0.2) is 36.7 Å². The molecule has 0 aliphatic carbocycles. The number of carboxylic acids is 1. The number of carbonyl (C=O) groups excluding carboxylic acids is 1. The maximum atomic E-state index is 11.5. The van der Waals surface area contributed by atoms with E-state index in [0.717, 1.165) is 0 Å². The molecule has 2 N–H and O–H groups in total. The highest BCUT2D eigenvalue weighted by Gasteiger charge is 2.20. The summed E-state index contributed by atoms with van der Waals surface area (Å²) in [6, 6.07) is 8.86. The van der Waals surface area contributed by atoms with Crippen molar-refractivity contribution in [1.29, 1.82) is 0 Å². The predicted octanol–water partition coefficient (Wildman–Crippen LogP) is 1.40. The molecular formula is C14H19NO4. The summed E-state index contributed by atoms with van der Waals surface area (Å²) in [6.07, 6.45) is 0.245. The Morgan fingerprint density at radius 1 is 1.32 bits per heavy atom. The van der Waals surface area contributed by atoms with Gasteiger partial charge in [0.15, 0.2) is 0 Å². The molecule has 0 bridgehead atoms. The van der Waals surface area contributed by atoms with Gasteiger partial charge in [0.2, 0.25) is 5.91 Å². The van der Waals surface area contributed by atoms with Crippen molar-refractivity contribution in [3.05, 3.63) is 35.9 Å². The summed E-state index contributed by atoms with van der Waals surface area (Å²) >= 11 is 0. The van der Waals surface area contributed by atoms with Gasteiger partial charge < -0.3 is 15.2 Å². The zero-order valence-corrected chi connectivity index (χ0v) is 11.0. The van der Waals surface area contributed by atoms with Crippen LogP contribution in [0.3, 0.4) is 0 Å². The molecule has 0 aliphatic rings. The fourth-order valence-corrected chi connectivity index (χ4v) is 1.65. The Kier molecular flexibility index (Phi) is 6.60.